The second-order valence-electron chi connectivity index (χ2n) is 6.48. The van der Waals surface area contributed by atoms with Crippen molar-refractivity contribution in [3.05, 3.63) is 18.0 Å². The van der Waals surface area contributed by atoms with E-state index < -0.39 is 11.6 Å². The van der Waals surface area contributed by atoms with Crippen LogP contribution >= 0.6 is 0 Å². The summed E-state index contributed by atoms with van der Waals surface area (Å²) in [4.78, 5) is 12.9. The summed E-state index contributed by atoms with van der Waals surface area (Å²) in [6.45, 7) is 6.90. The topological polar surface area (TPSA) is 78.6 Å². The van der Waals surface area contributed by atoms with Crippen LogP contribution in [-0.4, -0.2) is 49.6 Å². The van der Waals surface area contributed by atoms with E-state index in [0.29, 0.717) is 12.5 Å². The number of carboxylic acid groups (broad SMARTS) is 1. The van der Waals surface area contributed by atoms with Gasteiger partial charge >= 0.3 is 5.97 Å². The zero-order chi connectivity index (χ0) is 15.5. The Hall–Kier alpha value is -1.40. The van der Waals surface area contributed by atoms with Crippen LogP contribution in [0.4, 0.5) is 0 Å². The molecule has 0 aliphatic carbocycles. The third-order valence-electron chi connectivity index (χ3n) is 4.15. The van der Waals surface area contributed by atoms with Crippen molar-refractivity contribution in [2.75, 3.05) is 13.1 Å². The zero-order valence-corrected chi connectivity index (χ0v) is 12.8. The minimum absolute atomic E-state index is 0.0889. The fraction of sp³-hybridized carbons (Fsp3) is 0.733. The zero-order valence-electron chi connectivity index (χ0n) is 12.8. The van der Waals surface area contributed by atoms with Crippen LogP contribution in [0.1, 0.15) is 38.7 Å². The molecule has 1 atom stereocenters. The van der Waals surface area contributed by atoms with E-state index >= 15 is 0 Å². The first-order valence-corrected chi connectivity index (χ1v) is 7.52. The maximum Gasteiger partial charge on any atom is 0.305 e. The van der Waals surface area contributed by atoms with Gasteiger partial charge < -0.3 is 10.2 Å². The van der Waals surface area contributed by atoms with Crippen molar-refractivity contribution in [1.82, 2.24) is 14.7 Å². The van der Waals surface area contributed by atoms with E-state index in [2.05, 4.69) is 10.00 Å². The number of piperidine rings is 1. The summed E-state index contributed by atoms with van der Waals surface area (Å²) in [5.74, 6) is -0.510. The smallest absolute Gasteiger partial charge is 0.305 e. The van der Waals surface area contributed by atoms with Gasteiger partial charge in [0, 0.05) is 24.8 Å². The molecule has 6 nitrogen and oxygen atoms in total. The van der Waals surface area contributed by atoms with Crippen molar-refractivity contribution in [3.63, 3.8) is 0 Å². The van der Waals surface area contributed by atoms with E-state index in [4.69, 9.17) is 5.11 Å². The lowest BCUT2D eigenvalue weighted by Crippen LogP contribution is -2.44. The summed E-state index contributed by atoms with van der Waals surface area (Å²) >= 11 is 0. The summed E-state index contributed by atoms with van der Waals surface area (Å²) in [6.07, 6.45) is 5.97. The van der Waals surface area contributed by atoms with Gasteiger partial charge in [0.2, 0.25) is 0 Å². The molecule has 2 heterocycles. The Morgan fingerprint density at radius 3 is 2.95 bits per heavy atom. The van der Waals surface area contributed by atoms with Gasteiger partial charge in [-0.1, -0.05) is 0 Å². The Balaban J connectivity index is 1.88. The maximum atomic E-state index is 10.6. The molecule has 1 aromatic rings. The van der Waals surface area contributed by atoms with Crippen LogP contribution in [0.5, 0.6) is 0 Å². The van der Waals surface area contributed by atoms with Gasteiger partial charge in [-0.25, -0.2) is 0 Å². The molecule has 0 radical (unpaired) electrons. The van der Waals surface area contributed by atoms with E-state index in [1.54, 1.807) is 10.9 Å². The summed E-state index contributed by atoms with van der Waals surface area (Å²) < 4.78 is 1.68. The van der Waals surface area contributed by atoms with Crippen LogP contribution in [-0.2, 0) is 17.9 Å². The molecule has 0 amide bonds. The average molecular weight is 295 g/mol. The number of aliphatic hydroxyl groups is 1. The first-order valence-electron chi connectivity index (χ1n) is 7.52. The molecule has 1 aromatic heterocycles. The molecule has 118 valence electrons. The standard InChI is InChI=1S/C15H25N3O3/c1-15(2,21)13-4-3-6-17(11-13)9-12-8-16-18(10-12)7-5-14(19)20/h8,10,13,21H,3-7,9,11H2,1-2H3,(H,19,20)/t13-/m0/s1. The lowest BCUT2D eigenvalue weighted by Gasteiger charge is -2.38. The van der Waals surface area contributed by atoms with Crippen LogP contribution < -0.4 is 0 Å². The Kier molecular flexibility index (Phi) is 5.00. The van der Waals surface area contributed by atoms with Crippen molar-refractivity contribution >= 4 is 5.97 Å². The number of aryl methyl sites for hydroxylation is 1. The van der Waals surface area contributed by atoms with Gasteiger partial charge in [0.05, 0.1) is 24.8 Å². The first-order chi connectivity index (χ1) is 9.84. The summed E-state index contributed by atoms with van der Waals surface area (Å²) in [5, 5.41) is 23.0. The van der Waals surface area contributed by atoms with Gasteiger partial charge in [-0.15, -0.1) is 0 Å². The number of hydrogen-bond acceptors (Lipinski definition) is 4. The van der Waals surface area contributed by atoms with Crippen LogP contribution in [0.3, 0.4) is 0 Å². The molecule has 1 aliphatic heterocycles. The predicted molar refractivity (Wildman–Crippen MR) is 78.8 cm³/mol. The molecular weight excluding hydrogens is 270 g/mol. The molecule has 21 heavy (non-hydrogen) atoms. The fourth-order valence-corrected chi connectivity index (χ4v) is 2.85. The van der Waals surface area contributed by atoms with Crippen molar-refractivity contribution in [2.24, 2.45) is 5.92 Å². The lowest BCUT2D eigenvalue weighted by molar-refractivity contribution is -0.137. The van der Waals surface area contributed by atoms with Gasteiger partial charge in [-0.2, -0.15) is 5.10 Å². The lowest BCUT2D eigenvalue weighted by atomic mass is 9.84. The summed E-state index contributed by atoms with van der Waals surface area (Å²) in [7, 11) is 0. The molecule has 1 saturated heterocycles. The van der Waals surface area contributed by atoms with Crippen LogP contribution in [0.15, 0.2) is 12.4 Å². The highest BCUT2D eigenvalue weighted by Gasteiger charge is 2.31. The number of carboxylic acids is 1. The van der Waals surface area contributed by atoms with Gasteiger partial charge in [-0.05, 0) is 39.2 Å². The number of hydrogen-bond donors (Lipinski definition) is 2. The van der Waals surface area contributed by atoms with Crippen molar-refractivity contribution in [2.45, 2.75) is 51.8 Å². The van der Waals surface area contributed by atoms with Gasteiger partial charge in [0.1, 0.15) is 0 Å². The average Bonchev–Trinajstić information content (AvgIpc) is 2.83. The minimum Gasteiger partial charge on any atom is -0.481 e. The van der Waals surface area contributed by atoms with E-state index in [0.717, 1.165) is 38.0 Å². The SMILES string of the molecule is CC(C)(O)[C@H]1CCCN(Cc2cnn(CCC(=O)O)c2)C1. The summed E-state index contributed by atoms with van der Waals surface area (Å²) in [5.41, 5.74) is 0.460. The Labute approximate surface area is 125 Å². The van der Waals surface area contributed by atoms with E-state index in [1.807, 2.05) is 20.0 Å². The quantitative estimate of drug-likeness (QED) is 0.828. The third-order valence-corrected chi connectivity index (χ3v) is 4.15. The summed E-state index contributed by atoms with van der Waals surface area (Å²) in [6, 6.07) is 0. The molecule has 0 unspecified atom stereocenters. The van der Waals surface area contributed by atoms with E-state index in [-0.39, 0.29) is 6.42 Å². The number of likely N-dealkylation sites (tertiary alicyclic amines) is 1. The van der Waals surface area contributed by atoms with Crippen molar-refractivity contribution < 1.29 is 15.0 Å². The van der Waals surface area contributed by atoms with Crippen LogP contribution in [0, 0.1) is 5.92 Å². The van der Waals surface area contributed by atoms with E-state index in [1.165, 1.54) is 0 Å². The number of aliphatic carboxylic acids is 1. The third kappa shape index (κ3) is 4.82. The number of nitrogens with zero attached hydrogens (tertiary/aromatic N) is 3. The molecule has 6 heteroatoms. The predicted octanol–water partition coefficient (Wildman–Crippen LogP) is 1.34. The van der Waals surface area contributed by atoms with Gasteiger partial charge in [0.15, 0.2) is 0 Å². The molecular formula is C15H25N3O3. The van der Waals surface area contributed by atoms with Crippen LogP contribution in [0.2, 0.25) is 0 Å². The molecule has 1 fully saturated rings. The molecule has 2 rings (SSSR count). The minimum atomic E-state index is -0.809. The second kappa shape index (κ2) is 6.58. The van der Waals surface area contributed by atoms with Gasteiger partial charge in [-0.3, -0.25) is 14.4 Å². The van der Waals surface area contributed by atoms with Crippen molar-refractivity contribution in [3.8, 4) is 0 Å². The molecule has 0 bridgehead atoms. The van der Waals surface area contributed by atoms with E-state index in [9.17, 15) is 9.90 Å². The molecule has 1 aliphatic rings. The highest BCUT2D eigenvalue weighted by Crippen LogP contribution is 2.27. The largest absolute Gasteiger partial charge is 0.481 e. The Morgan fingerprint density at radius 1 is 1.52 bits per heavy atom. The highest BCUT2D eigenvalue weighted by atomic mass is 16.4. The molecule has 0 saturated carbocycles. The monoisotopic (exact) mass is 295 g/mol. The Morgan fingerprint density at radius 2 is 2.29 bits per heavy atom. The second-order valence-corrected chi connectivity index (χ2v) is 6.48. The Bertz CT molecular complexity index is 479. The van der Waals surface area contributed by atoms with Gasteiger partial charge in [0.25, 0.3) is 0 Å². The number of rotatable bonds is 6. The highest BCUT2D eigenvalue weighted by molar-refractivity contribution is 5.66. The van der Waals surface area contributed by atoms with Crippen LogP contribution in [0.25, 0.3) is 0 Å². The molecule has 0 spiro atoms. The fourth-order valence-electron chi connectivity index (χ4n) is 2.85. The normalized spacial score (nSPS) is 20.6. The van der Waals surface area contributed by atoms with Crippen molar-refractivity contribution in [1.29, 1.82) is 0 Å². The number of carbonyl (C=O) groups is 1. The molecule has 2 N–H and O–H groups in total. The first kappa shape index (κ1) is 16.0. The molecule has 0 aromatic carbocycles. The maximum absolute atomic E-state index is 10.6. The number of aromatic nitrogens is 2.